The predicted octanol–water partition coefficient (Wildman–Crippen LogP) is -2.15. The number of aliphatic carboxylic acids is 1. The van der Waals surface area contributed by atoms with E-state index in [0.29, 0.717) is 5.56 Å². The number of carbonyl (C=O) groups is 5. The molecule has 4 unspecified atom stereocenters. The van der Waals surface area contributed by atoms with E-state index in [1.165, 1.54) is 6.92 Å². The third-order valence-electron chi connectivity index (χ3n) is 5.26. The molecule has 1 aromatic heterocycles. The molecule has 0 saturated carbocycles. The number of hydrogen-bond acceptors (Lipinski definition) is 7. The Morgan fingerprint density at radius 2 is 1.77 bits per heavy atom. The van der Waals surface area contributed by atoms with Crippen molar-refractivity contribution in [3.8, 4) is 0 Å². The van der Waals surface area contributed by atoms with Crippen molar-refractivity contribution >= 4 is 40.5 Å². The zero-order valence-corrected chi connectivity index (χ0v) is 19.1. The monoisotopic (exact) mass is 490 g/mol. The highest BCUT2D eigenvalue weighted by Crippen LogP contribution is 2.19. The number of carbonyl (C=O) groups excluding carboxylic acids is 4. The molecule has 4 atom stereocenters. The molecule has 0 saturated heterocycles. The van der Waals surface area contributed by atoms with Gasteiger partial charge in [-0.1, -0.05) is 18.2 Å². The molecule has 190 valence electrons. The minimum Gasteiger partial charge on any atom is -0.480 e. The summed E-state index contributed by atoms with van der Waals surface area (Å²) in [7, 11) is 0. The lowest BCUT2D eigenvalue weighted by Crippen LogP contribution is -2.57. The number of carboxylic acid groups (broad SMARTS) is 1. The number of carboxylic acids is 1. The van der Waals surface area contributed by atoms with E-state index >= 15 is 0 Å². The van der Waals surface area contributed by atoms with Gasteiger partial charge in [-0.15, -0.1) is 0 Å². The predicted molar refractivity (Wildman–Crippen MR) is 125 cm³/mol. The lowest BCUT2D eigenvalue weighted by molar-refractivity contribution is -0.141. The number of nitrogens with one attached hydrogen (secondary N) is 4. The van der Waals surface area contributed by atoms with Crippen LogP contribution < -0.4 is 27.4 Å². The summed E-state index contributed by atoms with van der Waals surface area (Å²) in [5.41, 5.74) is 12.2. The fraction of sp³-hybridized carbons (Fsp3) is 0.409. The van der Waals surface area contributed by atoms with Crippen molar-refractivity contribution in [1.82, 2.24) is 20.9 Å². The maximum absolute atomic E-state index is 12.4. The molecule has 0 aliphatic carbocycles. The van der Waals surface area contributed by atoms with Crippen molar-refractivity contribution < 1.29 is 34.2 Å². The van der Waals surface area contributed by atoms with E-state index in [2.05, 4.69) is 20.9 Å². The number of H-pyrrole nitrogens is 1. The van der Waals surface area contributed by atoms with Crippen LogP contribution in [0.15, 0.2) is 30.5 Å². The largest absolute Gasteiger partial charge is 0.480 e. The standard InChI is InChI=1S/C22H30N6O7/c1-11(29)19(28-20(32)14(23)6-7-17(24)30)21(33)26-10-18(31)27-16(22(34)35)8-12-9-25-15-5-3-2-4-13(12)15/h2-5,9,11,14,16,19,25,29H,6-8,10,23H2,1H3,(H2,24,30)(H,26,33)(H,27,31)(H,28,32)(H,34,35). The summed E-state index contributed by atoms with van der Waals surface area (Å²) in [5.74, 6) is -4.35. The average Bonchev–Trinajstić information content (AvgIpc) is 3.21. The van der Waals surface area contributed by atoms with Crippen molar-refractivity contribution in [1.29, 1.82) is 0 Å². The molecule has 0 spiro atoms. The van der Waals surface area contributed by atoms with Crippen LogP contribution in [0.4, 0.5) is 0 Å². The number of nitrogens with two attached hydrogens (primary N) is 2. The second-order valence-corrected chi connectivity index (χ2v) is 8.08. The van der Waals surface area contributed by atoms with Gasteiger partial charge in [-0.3, -0.25) is 19.2 Å². The van der Waals surface area contributed by atoms with Gasteiger partial charge >= 0.3 is 5.97 Å². The first-order valence-electron chi connectivity index (χ1n) is 10.9. The molecule has 35 heavy (non-hydrogen) atoms. The molecule has 2 aromatic rings. The van der Waals surface area contributed by atoms with E-state index in [1.807, 2.05) is 24.3 Å². The maximum Gasteiger partial charge on any atom is 0.326 e. The van der Waals surface area contributed by atoms with Crippen LogP contribution in [-0.4, -0.2) is 75.6 Å². The number of aliphatic hydroxyl groups is 1. The number of primary amides is 1. The molecule has 0 bridgehead atoms. The summed E-state index contributed by atoms with van der Waals surface area (Å²) in [6, 6.07) is 3.48. The van der Waals surface area contributed by atoms with Crippen LogP contribution in [0, 0.1) is 0 Å². The Labute approximate surface area is 200 Å². The summed E-state index contributed by atoms with van der Waals surface area (Å²) >= 11 is 0. The van der Waals surface area contributed by atoms with Gasteiger partial charge in [0, 0.05) is 29.9 Å². The molecule has 0 aliphatic heterocycles. The first-order valence-corrected chi connectivity index (χ1v) is 10.9. The quantitative estimate of drug-likeness (QED) is 0.154. The molecule has 10 N–H and O–H groups in total. The number of para-hydroxylation sites is 1. The normalized spacial score (nSPS) is 14.4. The molecule has 0 radical (unpaired) electrons. The average molecular weight is 491 g/mol. The van der Waals surface area contributed by atoms with E-state index in [0.717, 1.165) is 10.9 Å². The molecule has 1 aromatic carbocycles. The van der Waals surface area contributed by atoms with Crippen molar-refractivity contribution in [3.05, 3.63) is 36.0 Å². The molecule has 0 fully saturated rings. The van der Waals surface area contributed by atoms with E-state index in [-0.39, 0.29) is 19.3 Å². The van der Waals surface area contributed by atoms with Crippen LogP contribution in [0.2, 0.25) is 0 Å². The van der Waals surface area contributed by atoms with Gasteiger partial charge in [0.2, 0.25) is 23.6 Å². The number of hydrogen-bond donors (Lipinski definition) is 8. The highest BCUT2D eigenvalue weighted by Gasteiger charge is 2.28. The third kappa shape index (κ3) is 8.08. The first-order chi connectivity index (χ1) is 16.5. The Morgan fingerprint density at radius 3 is 2.40 bits per heavy atom. The molecule has 4 amide bonds. The summed E-state index contributed by atoms with van der Waals surface area (Å²) < 4.78 is 0. The second-order valence-electron chi connectivity index (χ2n) is 8.08. The van der Waals surface area contributed by atoms with Crippen LogP contribution in [0.5, 0.6) is 0 Å². The van der Waals surface area contributed by atoms with Crippen molar-refractivity contribution in [2.75, 3.05) is 6.54 Å². The molecule has 2 rings (SSSR count). The number of benzene rings is 1. The van der Waals surface area contributed by atoms with Crippen LogP contribution in [0.3, 0.4) is 0 Å². The number of aromatic amines is 1. The highest BCUT2D eigenvalue weighted by atomic mass is 16.4. The number of aliphatic hydroxyl groups excluding tert-OH is 1. The van der Waals surface area contributed by atoms with E-state index in [1.54, 1.807) is 6.20 Å². The number of fused-ring (bicyclic) bond motifs is 1. The lowest BCUT2D eigenvalue weighted by Gasteiger charge is -2.23. The van der Waals surface area contributed by atoms with Crippen LogP contribution in [0.1, 0.15) is 25.3 Å². The molecular weight excluding hydrogens is 460 g/mol. The smallest absolute Gasteiger partial charge is 0.326 e. The van der Waals surface area contributed by atoms with Gasteiger partial charge in [0.15, 0.2) is 0 Å². The molecular formula is C22H30N6O7. The van der Waals surface area contributed by atoms with Gasteiger partial charge in [0.25, 0.3) is 0 Å². The van der Waals surface area contributed by atoms with Gasteiger partial charge < -0.3 is 42.6 Å². The fourth-order valence-electron chi connectivity index (χ4n) is 3.34. The zero-order chi connectivity index (χ0) is 26.1. The summed E-state index contributed by atoms with van der Waals surface area (Å²) in [4.78, 5) is 62.4. The van der Waals surface area contributed by atoms with Crippen LogP contribution >= 0.6 is 0 Å². The highest BCUT2D eigenvalue weighted by molar-refractivity contribution is 5.93. The number of aromatic nitrogens is 1. The SMILES string of the molecule is CC(O)C(NC(=O)C(N)CCC(N)=O)C(=O)NCC(=O)NC(Cc1c[nH]c2ccccc12)C(=O)O. The Balaban J connectivity index is 1.92. The van der Waals surface area contributed by atoms with Crippen molar-refractivity contribution in [2.45, 2.75) is 50.4 Å². The topological polar surface area (TPSA) is 230 Å². The van der Waals surface area contributed by atoms with Crippen LogP contribution in [0.25, 0.3) is 10.9 Å². The Morgan fingerprint density at radius 1 is 1.09 bits per heavy atom. The maximum atomic E-state index is 12.4. The lowest BCUT2D eigenvalue weighted by atomic mass is 10.0. The molecule has 1 heterocycles. The van der Waals surface area contributed by atoms with Gasteiger partial charge in [-0.05, 0) is 25.0 Å². The summed E-state index contributed by atoms with van der Waals surface area (Å²) in [6.45, 7) is 0.657. The number of amides is 4. The minimum absolute atomic E-state index is 0.00851. The van der Waals surface area contributed by atoms with E-state index < -0.39 is 60.4 Å². The first kappa shape index (κ1) is 27.3. The minimum atomic E-state index is -1.43. The molecule has 0 aliphatic rings. The Kier molecular flexibility index (Phi) is 9.73. The van der Waals surface area contributed by atoms with Gasteiger partial charge in [0.05, 0.1) is 18.7 Å². The third-order valence-corrected chi connectivity index (χ3v) is 5.26. The molecule has 13 nitrogen and oxygen atoms in total. The molecule has 13 heteroatoms. The fourth-order valence-corrected chi connectivity index (χ4v) is 3.34. The summed E-state index contributed by atoms with van der Waals surface area (Å²) in [5, 5.41) is 27.1. The second kappa shape index (κ2) is 12.5. The van der Waals surface area contributed by atoms with Crippen LogP contribution in [-0.2, 0) is 30.4 Å². The van der Waals surface area contributed by atoms with Gasteiger partial charge in [-0.25, -0.2) is 4.79 Å². The van der Waals surface area contributed by atoms with Gasteiger partial charge in [-0.2, -0.15) is 0 Å². The van der Waals surface area contributed by atoms with Crippen molar-refractivity contribution in [2.24, 2.45) is 11.5 Å². The van der Waals surface area contributed by atoms with Crippen molar-refractivity contribution in [3.63, 3.8) is 0 Å². The zero-order valence-electron chi connectivity index (χ0n) is 19.1. The van der Waals surface area contributed by atoms with E-state index in [4.69, 9.17) is 11.5 Å². The Hall–Kier alpha value is -3.97. The number of rotatable bonds is 13. The van der Waals surface area contributed by atoms with E-state index in [9.17, 15) is 34.2 Å². The summed E-state index contributed by atoms with van der Waals surface area (Å²) in [6.07, 6.45) is 0.153. The Bertz CT molecular complexity index is 1080. The van der Waals surface area contributed by atoms with Gasteiger partial charge in [0.1, 0.15) is 12.1 Å².